The second-order valence-electron chi connectivity index (χ2n) is 6.18. The number of carbonyl (C=O) groups excluding carboxylic acids is 1. The number of benzene rings is 2. The third kappa shape index (κ3) is 3.74. The first-order chi connectivity index (χ1) is 13.7. The Morgan fingerprint density at radius 1 is 1.24 bits per heavy atom. The highest BCUT2D eigenvalue weighted by atomic mass is 79.9. The summed E-state index contributed by atoms with van der Waals surface area (Å²) in [5.41, 5.74) is 0.107. The van der Waals surface area contributed by atoms with Gasteiger partial charge in [-0.25, -0.2) is 18.2 Å². The molecule has 29 heavy (non-hydrogen) atoms. The van der Waals surface area contributed by atoms with E-state index in [-0.39, 0.29) is 22.7 Å². The number of carbonyl (C=O) groups is 2. The van der Waals surface area contributed by atoms with E-state index in [4.69, 9.17) is 5.11 Å². The molecule has 1 aromatic heterocycles. The quantitative estimate of drug-likeness (QED) is 0.510. The fourth-order valence-electron chi connectivity index (χ4n) is 2.98. The monoisotopic (exact) mass is 502 g/mol. The summed E-state index contributed by atoms with van der Waals surface area (Å²) in [6.45, 7) is -0.121. The normalized spacial score (nSPS) is 16.3. The van der Waals surface area contributed by atoms with Crippen molar-refractivity contribution in [3.63, 3.8) is 0 Å². The Morgan fingerprint density at radius 2 is 2.00 bits per heavy atom. The van der Waals surface area contributed by atoms with Crippen LogP contribution >= 0.6 is 39.0 Å². The van der Waals surface area contributed by atoms with E-state index in [9.17, 15) is 22.8 Å². The lowest BCUT2D eigenvalue weighted by molar-refractivity contribution is -0.138. The van der Waals surface area contributed by atoms with Gasteiger partial charge in [0.05, 0.1) is 28.6 Å². The van der Waals surface area contributed by atoms with Crippen molar-refractivity contribution in [1.82, 2.24) is 4.98 Å². The van der Waals surface area contributed by atoms with Crippen molar-refractivity contribution < 1.29 is 27.9 Å². The summed E-state index contributed by atoms with van der Waals surface area (Å²) in [4.78, 5) is 30.1. The van der Waals surface area contributed by atoms with Crippen LogP contribution in [0.1, 0.15) is 11.4 Å². The smallest absolute Gasteiger partial charge is 0.305 e. The van der Waals surface area contributed by atoms with Crippen LogP contribution in [0.25, 0.3) is 10.2 Å². The van der Waals surface area contributed by atoms with Crippen LogP contribution in [-0.4, -0.2) is 27.2 Å². The lowest BCUT2D eigenvalue weighted by Gasteiger charge is -2.32. The van der Waals surface area contributed by atoms with Gasteiger partial charge in [0.1, 0.15) is 16.3 Å². The largest absolute Gasteiger partial charge is 0.481 e. The SMILES string of the molecule is O=C(O)CC1Sc2cc(Br)ccc2N(Cc2nc3c(F)c(F)cc(F)c3s2)C1=O. The predicted octanol–water partition coefficient (Wildman–Crippen LogP) is 4.96. The molecule has 2 heterocycles. The van der Waals surface area contributed by atoms with E-state index in [0.717, 1.165) is 27.6 Å². The number of carboxylic acid groups (broad SMARTS) is 1. The van der Waals surface area contributed by atoms with Gasteiger partial charge in [0.25, 0.3) is 0 Å². The third-order valence-electron chi connectivity index (χ3n) is 4.24. The summed E-state index contributed by atoms with van der Waals surface area (Å²) >= 11 is 5.31. The molecule has 150 valence electrons. The number of aromatic nitrogens is 1. The van der Waals surface area contributed by atoms with Gasteiger partial charge >= 0.3 is 5.97 Å². The molecular formula is C18H10BrF3N2O3S2. The van der Waals surface area contributed by atoms with E-state index < -0.39 is 40.1 Å². The molecule has 3 aromatic rings. The third-order valence-corrected chi connectivity index (χ3v) is 7.01. The summed E-state index contributed by atoms with van der Waals surface area (Å²) in [6, 6.07) is 5.64. The van der Waals surface area contributed by atoms with Crippen LogP contribution in [0.15, 0.2) is 33.6 Å². The number of fused-ring (bicyclic) bond motifs is 2. The van der Waals surface area contributed by atoms with Gasteiger partial charge < -0.3 is 10.0 Å². The molecular weight excluding hydrogens is 493 g/mol. The molecule has 1 atom stereocenters. The van der Waals surface area contributed by atoms with E-state index in [1.165, 1.54) is 4.90 Å². The Bertz CT molecular complexity index is 1170. The number of aliphatic carboxylic acids is 1. The number of anilines is 1. The zero-order chi connectivity index (χ0) is 20.9. The number of halogens is 4. The zero-order valence-electron chi connectivity index (χ0n) is 14.3. The Labute approximate surface area is 178 Å². The van der Waals surface area contributed by atoms with Crippen molar-refractivity contribution in [2.45, 2.75) is 23.1 Å². The number of hydrogen-bond donors (Lipinski definition) is 1. The number of nitrogens with zero attached hydrogens (tertiary/aromatic N) is 2. The van der Waals surface area contributed by atoms with Gasteiger partial charge in [-0.1, -0.05) is 15.9 Å². The first-order valence-corrected chi connectivity index (χ1v) is 10.7. The highest BCUT2D eigenvalue weighted by Crippen LogP contribution is 2.43. The number of thioether (sulfide) groups is 1. The molecule has 1 unspecified atom stereocenters. The minimum atomic E-state index is -1.34. The molecule has 2 aromatic carbocycles. The molecule has 11 heteroatoms. The van der Waals surface area contributed by atoms with Gasteiger partial charge in [-0.2, -0.15) is 0 Å². The number of amides is 1. The molecule has 0 saturated carbocycles. The van der Waals surface area contributed by atoms with E-state index in [2.05, 4.69) is 20.9 Å². The number of rotatable bonds is 4. The maximum Gasteiger partial charge on any atom is 0.305 e. The lowest BCUT2D eigenvalue weighted by Crippen LogP contribution is -2.41. The molecule has 5 nitrogen and oxygen atoms in total. The van der Waals surface area contributed by atoms with Crippen LogP contribution in [0.5, 0.6) is 0 Å². The Balaban J connectivity index is 1.76. The van der Waals surface area contributed by atoms with Crippen LogP contribution in [0, 0.1) is 17.5 Å². The minimum absolute atomic E-state index is 0.121. The zero-order valence-corrected chi connectivity index (χ0v) is 17.5. The summed E-state index contributed by atoms with van der Waals surface area (Å²) in [6.07, 6.45) is -0.375. The number of hydrogen-bond acceptors (Lipinski definition) is 5. The molecule has 1 amide bonds. The van der Waals surface area contributed by atoms with Crippen LogP contribution in [-0.2, 0) is 16.1 Å². The van der Waals surface area contributed by atoms with E-state index in [0.29, 0.717) is 16.6 Å². The Morgan fingerprint density at radius 3 is 2.72 bits per heavy atom. The fraction of sp³-hybridized carbons (Fsp3) is 0.167. The number of thiazole rings is 1. The Hall–Kier alpha value is -2.11. The van der Waals surface area contributed by atoms with Crippen molar-refractivity contribution >= 4 is 66.8 Å². The van der Waals surface area contributed by atoms with E-state index in [1.54, 1.807) is 18.2 Å². The van der Waals surface area contributed by atoms with Crippen molar-refractivity contribution in [1.29, 1.82) is 0 Å². The molecule has 0 radical (unpaired) electrons. The van der Waals surface area contributed by atoms with Gasteiger partial charge in [-0.3, -0.25) is 9.59 Å². The van der Waals surface area contributed by atoms with Gasteiger partial charge in [-0.15, -0.1) is 23.1 Å². The van der Waals surface area contributed by atoms with Crippen molar-refractivity contribution in [2.75, 3.05) is 4.90 Å². The highest BCUT2D eigenvalue weighted by Gasteiger charge is 2.35. The van der Waals surface area contributed by atoms with Crippen LogP contribution in [0.3, 0.4) is 0 Å². The van der Waals surface area contributed by atoms with Crippen LogP contribution in [0.2, 0.25) is 0 Å². The summed E-state index contributed by atoms with van der Waals surface area (Å²) in [5, 5.41) is 8.47. The maximum atomic E-state index is 14.0. The van der Waals surface area contributed by atoms with Crippen molar-refractivity contribution in [3.8, 4) is 0 Å². The summed E-state index contributed by atoms with van der Waals surface area (Å²) < 4.78 is 42.1. The summed E-state index contributed by atoms with van der Waals surface area (Å²) in [7, 11) is 0. The number of carboxylic acids is 1. The molecule has 0 bridgehead atoms. The minimum Gasteiger partial charge on any atom is -0.481 e. The summed E-state index contributed by atoms with van der Waals surface area (Å²) in [5.74, 6) is -5.09. The van der Waals surface area contributed by atoms with E-state index in [1.807, 2.05) is 0 Å². The molecule has 1 aliphatic rings. The van der Waals surface area contributed by atoms with Gasteiger partial charge in [0.15, 0.2) is 11.6 Å². The van der Waals surface area contributed by atoms with Gasteiger partial charge in [-0.05, 0) is 18.2 Å². The van der Waals surface area contributed by atoms with Crippen LogP contribution < -0.4 is 4.90 Å². The average molecular weight is 503 g/mol. The molecule has 0 fully saturated rings. The van der Waals surface area contributed by atoms with Crippen LogP contribution in [0.4, 0.5) is 18.9 Å². The fourth-order valence-corrected chi connectivity index (χ4v) is 5.71. The lowest BCUT2D eigenvalue weighted by atomic mass is 10.2. The first kappa shape index (κ1) is 20.2. The standard InChI is InChI=1S/C18H10BrF3N2O3S2/c19-7-1-2-10-11(3-7)28-12(5-14(25)26)18(27)24(10)6-13-23-16-15(22)8(20)4-9(21)17(16)29-13/h1-4,12H,5-6H2,(H,25,26). The Kier molecular flexibility index (Phi) is 5.30. The molecule has 1 aliphatic heterocycles. The van der Waals surface area contributed by atoms with Gasteiger partial charge in [0, 0.05) is 15.4 Å². The molecule has 0 saturated heterocycles. The average Bonchev–Trinajstić information content (AvgIpc) is 3.07. The topological polar surface area (TPSA) is 70.5 Å². The van der Waals surface area contributed by atoms with Crippen molar-refractivity contribution in [3.05, 3.63) is 51.2 Å². The molecule has 0 spiro atoms. The van der Waals surface area contributed by atoms with E-state index >= 15 is 0 Å². The first-order valence-electron chi connectivity index (χ1n) is 8.17. The second-order valence-corrected chi connectivity index (χ2v) is 9.42. The maximum absolute atomic E-state index is 14.0. The highest BCUT2D eigenvalue weighted by molar-refractivity contribution is 9.10. The van der Waals surface area contributed by atoms with Crippen molar-refractivity contribution in [2.24, 2.45) is 0 Å². The molecule has 1 N–H and O–H groups in total. The second kappa shape index (κ2) is 7.62. The molecule has 4 rings (SSSR count). The predicted molar refractivity (Wildman–Crippen MR) is 107 cm³/mol. The van der Waals surface area contributed by atoms with Gasteiger partial charge in [0.2, 0.25) is 5.91 Å². The molecule has 0 aliphatic carbocycles.